The molecule has 0 spiro atoms. The van der Waals surface area contributed by atoms with Crippen molar-refractivity contribution >= 4 is 17.2 Å². The van der Waals surface area contributed by atoms with Gasteiger partial charge in [0.2, 0.25) is 0 Å². The summed E-state index contributed by atoms with van der Waals surface area (Å²) >= 11 is 1.35. The number of hydrogen-bond acceptors (Lipinski definition) is 3. The molecule has 1 heterocycles. The molecule has 1 aromatic heterocycles. The van der Waals surface area contributed by atoms with Gasteiger partial charge in [-0.1, -0.05) is 32.1 Å². The van der Waals surface area contributed by atoms with Crippen LogP contribution in [0.4, 0.5) is 0 Å². The highest BCUT2D eigenvalue weighted by molar-refractivity contribution is 7.14. The second kappa shape index (κ2) is 7.98. The van der Waals surface area contributed by atoms with Crippen molar-refractivity contribution in [2.75, 3.05) is 6.61 Å². The molecule has 1 aromatic rings. The molecular weight excluding hydrogens is 258 g/mol. The van der Waals surface area contributed by atoms with Crippen LogP contribution in [0.2, 0.25) is 0 Å². The number of carbonyl (C=O) groups is 1. The molecule has 19 heavy (non-hydrogen) atoms. The fourth-order valence-corrected chi connectivity index (χ4v) is 2.56. The lowest BCUT2D eigenvalue weighted by atomic mass is 10.0. The zero-order chi connectivity index (χ0) is 14.3. The fraction of sp³-hybridized carbons (Fsp3) is 0.533. The highest BCUT2D eigenvalue weighted by Gasteiger charge is 2.13. The Balaban J connectivity index is 2.56. The Morgan fingerprint density at radius 2 is 2.21 bits per heavy atom. The second-order valence-corrected chi connectivity index (χ2v) is 5.83. The van der Waals surface area contributed by atoms with E-state index in [1.54, 1.807) is 6.07 Å². The van der Waals surface area contributed by atoms with E-state index in [1.165, 1.54) is 11.3 Å². The van der Waals surface area contributed by atoms with E-state index in [0.717, 1.165) is 17.7 Å². The van der Waals surface area contributed by atoms with E-state index in [9.17, 15) is 4.79 Å². The van der Waals surface area contributed by atoms with Gasteiger partial charge in [0, 0.05) is 6.04 Å². The Kier molecular flexibility index (Phi) is 6.61. The molecule has 2 atom stereocenters. The summed E-state index contributed by atoms with van der Waals surface area (Å²) in [5.74, 6) is 5.95. The number of aliphatic hydroxyl groups excluding tert-OH is 1. The summed E-state index contributed by atoms with van der Waals surface area (Å²) in [5.41, 5.74) is 0. The van der Waals surface area contributed by atoms with E-state index in [0.29, 0.717) is 10.8 Å². The molecule has 0 aliphatic rings. The molecule has 104 valence electrons. The van der Waals surface area contributed by atoms with Gasteiger partial charge in [-0.2, -0.15) is 0 Å². The van der Waals surface area contributed by atoms with Gasteiger partial charge in [0.05, 0.1) is 9.75 Å². The van der Waals surface area contributed by atoms with Crippen molar-refractivity contribution in [2.45, 2.75) is 39.7 Å². The minimum Gasteiger partial charge on any atom is -0.384 e. The average Bonchev–Trinajstić information content (AvgIpc) is 2.84. The molecule has 0 aliphatic heterocycles. The Hall–Kier alpha value is -1.31. The van der Waals surface area contributed by atoms with Crippen molar-refractivity contribution in [3.63, 3.8) is 0 Å². The highest BCUT2D eigenvalue weighted by Crippen LogP contribution is 2.16. The summed E-state index contributed by atoms with van der Waals surface area (Å²) in [4.78, 5) is 13.5. The predicted molar refractivity (Wildman–Crippen MR) is 79.3 cm³/mol. The van der Waals surface area contributed by atoms with Gasteiger partial charge < -0.3 is 10.4 Å². The molecule has 0 radical (unpaired) electrons. The van der Waals surface area contributed by atoms with Crippen LogP contribution >= 0.6 is 11.3 Å². The van der Waals surface area contributed by atoms with Crippen LogP contribution in [0.5, 0.6) is 0 Å². The van der Waals surface area contributed by atoms with Gasteiger partial charge >= 0.3 is 0 Å². The predicted octanol–water partition coefficient (Wildman–Crippen LogP) is 2.65. The number of amides is 1. The monoisotopic (exact) mass is 279 g/mol. The second-order valence-electron chi connectivity index (χ2n) is 4.75. The smallest absolute Gasteiger partial charge is 0.261 e. The molecule has 2 unspecified atom stereocenters. The lowest BCUT2D eigenvalue weighted by Gasteiger charge is -2.16. The molecule has 0 saturated carbocycles. The molecule has 2 N–H and O–H groups in total. The molecule has 0 saturated heterocycles. The molecule has 4 heteroatoms. The Labute approximate surface area is 119 Å². The number of carbonyl (C=O) groups excluding carboxylic acids is 1. The zero-order valence-electron chi connectivity index (χ0n) is 11.7. The van der Waals surface area contributed by atoms with Gasteiger partial charge in [-0.05, 0) is 31.4 Å². The van der Waals surface area contributed by atoms with E-state index >= 15 is 0 Å². The Morgan fingerprint density at radius 3 is 2.84 bits per heavy atom. The van der Waals surface area contributed by atoms with Gasteiger partial charge in [0.1, 0.15) is 6.61 Å². The van der Waals surface area contributed by atoms with Crippen molar-refractivity contribution in [3.8, 4) is 11.8 Å². The number of rotatable bonds is 5. The number of thiophene rings is 1. The van der Waals surface area contributed by atoms with Crippen molar-refractivity contribution < 1.29 is 9.90 Å². The van der Waals surface area contributed by atoms with Crippen LogP contribution < -0.4 is 5.32 Å². The topological polar surface area (TPSA) is 49.3 Å². The fourth-order valence-electron chi connectivity index (χ4n) is 1.78. The van der Waals surface area contributed by atoms with Crippen molar-refractivity contribution in [2.24, 2.45) is 5.92 Å². The molecular formula is C15H21NO2S. The van der Waals surface area contributed by atoms with Crippen LogP contribution in [0.3, 0.4) is 0 Å². The number of aliphatic hydroxyl groups is 1. The lowest BCUT2D eigenvalue weighted by molar-refractivity contribution is 0.0939. The first-order valence-electron chi connectivity index (χ1n) is 6.57. The molecule has 1 amide bonds. The molecule has 0 fully saturated rings. The first-order chi connectivity index (χ1) is 9.06. The highest BCUT2D eigenvalue weighted by atomic mass is 32.1. The first kappa shape index (κ1) is 15.7. The summed E-state index contributed by atoms with van der Waals surface area (Å²) in [7, 11) is 0. The Morgan fingerprint density at radius 1 is 1.47 bits per heavy atom. The van der Waals surface area contributed by atoms with Gasteiger partial charge in [-0.3, -0.25) is 4.79 Å². The van der Waals surface area contributed by atoms with E-state index in [4.69, 9.17) is 5.11 Å². The molecule has 3 nitrogen and oxygen atoms in total. The van der Waals surface area contributed by atoms with Crippen LogP contribution in [-0.2, 0) is 0 Å². The maximum atomic E-state index is 12.0. The zero-order valence-corrected chi connectivity index (χ0v) is 12.5. The van der Waals surface area contributed by atoms with E-state index in [1.807, 2.05) is 13.0 Å². The normalized spacial score (nSPS) is 13.3. The maximum Gasteiger partial charge on any atom is 0.261 e. The standard InChI is InChI=1S/C15H21NO2S/c1-4-11(2)10-12(3)16-15(18)14-8-7-13(19-14)6-5-9-17/h7-8,11-12,17H,4,9-10H2,1-3H3,(H,16,18). The van der Waals surface area contributed by atoms with Crippen LogP contribution in [0, 0.1) is 17.8 Å². The van der Waals surface area contributed by atoms with Crippen molar-refractivity contribution in [3.05, 3.63) is 21.9 Å². The number of hydrogen-bond donors (Lipinski definition) is 2. The number of nitrogens with one attached hydrogen (secondary N) is 1. The largest absolute Gasteiger partial charge is 0.384 e. The van der Waals surface area contributed by atoms with Crippen molar-refractivity contribution in [1.29, 1.82) is 0 Å². The van der Waals surface area contributed by atoms with Crippen molar-refractivity contribution in [1.82, 2.24) is 5.32 Å². The maximum absolute atomic E-state index is 12.0. The molecule has 0 bridgehead atoms. The van der Waals surface area contributed by atoms with E-state index in [2.05, 4.69) is 31.0 Å². The minimum absolute atomic E-state index is 0.0437. The third-order valence-electron chi connectivity index (χ3n) is 2.95. The quantitative estimate of drug-likeness (QED) is 0.814. The lowest BCUT2D eigenvalue weighted by Crippen LogP contribution is -2.33. The van der Waals surface area contributed by atoms with E-state index < -0.39 is 0 Å². The molecule has 0 aromatic carbocycles. The summed E-state index contributed by atoms with van der Waals surface area (Å²) < 4.78 is 0. The first-order valence-corrected chi connectivity index (χ1v) is 7.38. The third-order valence-corrected chi connectivity index (χ3v) is 3.95. The van der Waals surface area contributed by atoms with Gasteiger partial charge in [0.25, 0.3) is 5.91 Å². The van der Waals surface area contributed by atoms with Crippen LogP contribution in [0.15, 0.2) is 12.1 Å². The minimum atomic E-state index is -0.161. The van der Waals surface area contributed by atoms with Crippen LogP contribution in [0.25, 0.3) is 0 Å². The SMILES string of the molecule is CCC(C)CC(C)NC(=O)c1ccc(C#CCO)s1. The Bertz CT molecular complexity index is 470. The third kappa shape index (κ3) is 5.46. The summed E-state index contributed by atoms with van der Waals surface area (Å²) in [6.07, 6.45) is 2.12. The van der Waals surface area contributed by atoms with Gasteiger partial charge in [0.15, 0.2) is 0 Å². The summed E-state index contributed by atoms with van der Waals surface area (Å²) in [6.45, 7) is 6.22. The van der Waals surface area contributed by atoms with Crippen LogP contribution in [-0.4, -0.2) is 23.7 Å². The summed E-state index contributed by atoms with van der Waals surface area (Å²) in [5, 5.41) is 11.6. The summed E-state index contributed by atoms with van der Waals surface area (Å²) in [6, 6.07) is 3.76. The van der Waals surface area contributed by atoms with Crippen LogP contribution in [0.1, 0.15) is 48.2 Å². The molecule has 0 aliphatic carbocycles. The van der Waals surface area contributed by atoms with Gasteiger partial charge in [-0.15, -0.1) is 11.3 Å². The molecule has 1 rings (SSSR count). The van der Waals surface area contributed by atoms with E-state index in [-0.39, 0.29) is 18.6 Å². The van der Waals surface area contributed by atoms with Gasteiger partial charge in [-0.25, -0.2) is 0 Å². The average molecular weight is 279 g/mol.